The van der Waals surface area contributed by atoms with Gasteiger partial charge in [-0.25, -0.2) is 0 Å². The summed E-state index contributed by atoms with van der Waals surface area (Å²) in [6, 6.07) is 19.1. The molecule has 1 saturated heterocycles. The first kappa shape index (κ1) is 30.5. The molecule has 1 unspecified atom stereocenters. The van der Waals surface area contributed by atoms with Gasteiger partial charge in [0, 0.05) is 58.9 Å². The first-order valence-corrected chi connectivity index (χ1v) is 15.0. The Bertz CT molecular complexity index is 1490. The molecule has 3 aromatic rings. The average molecular weight is 628 g/mol. The highest BCUT2D eigenvalue weighted by atomic mass is 35.5. The quantitative estimate of drug-likeness (QED) is 0.283. The Morgan fingerprint density at radius 3 is 2.21 bits per heavy atom. The Balaban J connectivity index is 1.25. The van der Waals surface area contributed by atoms with Gasteiger partial charge < -0.3 is 4.74 Å². The van der Waals surface area contributed by atoms with Crippen molar-refractivity contribution in [1.82, 2.24) is 14.7 Å². The van der Waals surface area contributed by atoms with Crippen molar-refractivity contribution in [2.24, 2.45) is 4.99 Å². The van der Waals surface area contributed by atoms with Gasteiger partial charge in [-0.1, -0.05) is 40.9 Å². The zero-order valence-electron chi connectivity index (χ0n) is 23.8. The lowest BCUT2D eigenvalue weighted by atomic mass is 10.0. The van der Waals surface area contributed by atoms with Crippen LogP contribution < -0.4 is 4.74 Å². The second-order valence-corrected chi connectivity index (χ2v) is 12.4. The number of likely N-dealkylation sites (N-methyl/N-ethyl adjacent to an activating group) is 1. The number of carbonyl (C=O) groups excluding carboxylic acids is 2. The number of carbonyl (C=O) groups is 2. The van der Waals surface area contributed by atoms with E-state index in [9.17, 15) is 9.59 Å². The van der Waals surface area contributed by atoms with E-state index >= 15 is 0 Å². The van der Waals surface area contributed by atoms with Crippen LogP contribution in [0.1, 0.15) is 35.3 Å². The van der Waals surface area contributed by atoms with Crippen molar-refractivity contribution in [3.8, 4) is 5.75 Å². The molecule has 1 amide bonds. The minimum Gasteiger partial charge on any atom is -0.478 e. The number of amidine groups is 1. The minimum absolute atomic E-state index is 0.0507. The molecule has 2 heterocycles. The molecule has 3 aromatic carbocycles. The molecule has 0 aliphatic carbocycles. The first-order chi connectivity index (χ1) is 20.0. The summed E-state index contributed by atoms with van der Waals surface area (Å²) < 4.78 is 6.19. The van der Waals surface area contributed by atoms with Crippen molar-refractivity contribution < 1.29 is 14.3 Å². The van der Waals surface area contributed by atoms with Gasteiger partial charge in [0.1, 0.15) is 11.6 Å². The third kappa shape index (κ3) is 6.82. The molecule has 0 saturated carbocycles. The number of aliphatic imine (C=N–C) groups is 1. The van der Waals surface area contributed by atoms with E-state index in [0.717, 1.165) is 24.5 Å². The molecule has 0 spiro atoms. The van der Waals surface area contributed by atoms with Crippen LogP contribution in [0.2, 0.25) is 15.1 Å². The highest BCUT2D eigenvalue weighted by Crippen LogP contribution is 2.27. The van der Waals surface area contributed by atoms with Gasteiger partial charge in [0.2, 0.25) is 0 Å². The number of amides is 1. The van der Waals surface area contributed by atoms with Crippen LogP contribution in [0.15, 0.2) is 71.7 Å². The highest BCUT2D eigenvalue weighted by molar-refractivity contribution is 6.35. The standard InChI is InChI=1S/C32H33Cl3N4O3/c1-32(2,42-26-12-7-22(8-13-26)29(40)21-4-9-24(33)10-5-21)31(41)39-15-14-36-30(39)28-20-38(17-16-37(28)3)19-23-6-11-25(34)18-27(23)35/h4-13,18,28H,14-17,19-20H2,1-3H3. The molecule has 7 nitrogen and oxygen atoms in total. The maximum Gasteiger partial charge on any atom is 0.271 e. The lowest BCUT2D eigenvalue weighted by molar-refractivity contribution is -0.141. The maximum absolute atomic E-state index is 13.9. The summed E-state index contributed by atoms with van der Waals surface area (Å²) in [5.41, 5.74) is 0.928. The molecule has 0 radical (unpaired) electrons. The van der Waals surface area contributed by atoms with E-state index < -0.39 is 5.60 Å². The van der Waals surface area contributed by atoms with E-state index in [1.54, 1.807) is 73.3 Å². The Morgan fingerprint density at radius 2 is 1.55 bits per heavy atom. The zero-order valence-corrected chi connectivity index (χ0v) is 26.1. The van der Waals surface area contributed by atoms with E-state index in [2.05, 4.69) is 16.8 Å². The SMILES string of the molecule is CN1CCN(Cc2ccc(Cl)cc2Cl)CC1C1=NCCN1C(=O)C(C)(C)Oc1ccc(C(=O)c2ccc(Cl)cc2)cc1. The normalized spacial score (nSPS) is 18.2. The van der Waals surface area contributed by atoms with Gasteiger partial charge in [-0.3, -0.25) is 29.3 Å². The van der Waals surface area contributed by atoms with Crippen molar-refractivity contribution >= 4 is 52.3 Å². The van der Waals surface area contributed by atoms with E-state index in [1.807, 2.05) is 12.1 Å². The van der Waals surface area contributed by atoms with Crippen LogP contribution in [-0.4, -0.2) is 83.6 Å². The molecule has 2 aliphatic rings. The van der Waals surface area contributed by atoms with Gasteiger partial charge >= 0.3 is 0 Å². The third-order valence-corrected chi connectivity index (χ3v) is 8.51. The minimum atomic E-state index is -1.16. The van der Waals surface area contributed by atoms with E-state index in [-0.39, 0.29) is 17.7 Å². The number of ether oxygens (including phenoxy) is 1. The summed E-state index contributed by atoms with van der Waals surface area (Å²) in [5.74, 6) is 0.983. The number of piperazine rings is 1. The summed E-state index contributed by atoms with van der Waals surface area (Å²) in [5, 5.41) is 1.83. The Kier molecular flexibility index (Phi) is 9.26. The molecule has 0 bridgehead atoms. The molecular formula is C32H33Cl3N4O3. The molecule has 0 aromatic heterocycles. The summed E-state index contributed by atoms with van der Waals surface area (Å²) in [7, 11) is 2.06. The predicted molar refractivity (Wildman–Crippen MR) is 168 cm³/mol. The molecule has 42 heavy (non-hydrogen) atoms. The molecule has 5 rings (SSSR count). The largest absolute Gasteiger partial charge is 0.478 e. The summed E-state index contributed by atoms with van der Waals surface area (Å²) in [6.45, 7) is 7.68. The number of ketones is 1. The monoisotopic (exact) mass is 626 g/mol. The van der Waals surface area contributed by atoms with Gasteiger partial charge in [0.15, 0.2) is 11.4 Å². The lowest BCUT2D eigenvalue weighted by Gasteiger charge is -2.42. The van der Waals surface area contributed by atoms with Crippen molar-refractivity contribution in [3.05, 3.63) is 98.5 Å². The van der Waals surface area contributed by atoms with Crippen molar-refractivity contribution in [3.63, 3.8) is 0 Å². The third-order valence-electron chi connectivity index (χ3n) is 7.67. The zero-order chi connectivity index (χ0) is 30.0. The number of benzene rings is 3. The topological polar surface area (TPSA) is 65.4 Å². The number of hydrogen-bond donors (Lipinski definition) is 0. The fraction of sp³-hybridized carbons (Fsp3) is 0.344. The van der Waals surface area contributed by atoms with Gasteiger partial charge in [0.25, 0.3) is 5.91 Å². The van der Waals surface area contributed by atoms with Crippen LogP contribution in [0.5, 0.6) is 5.75 Å². The van der Waals surface area contributed by atoms with Crippen LogP contribution >= 0.6 is 34.8 Å². The fourth-order valence-electron chi connectivity index (χ4n) is 5.30. The Hall–Kier alpha value is -2.94. The Labute approximate surface area is 261 Å². The Morgan fingerprint density at radius 1 is 0.905 bits per heavy atom. The van der Waals surface area contributed by atoms with Crippen LogP contribution in [-0.2, 0) is 11.3 Å². The fourth-order valence-corrected chi connectivity index (χ4v) is 5.90. The van der Waals surface area contributed by atoms with Crippen LogP contribution in [0, 0.1) is 0 Å². The second-order valence-electron chi connectivity index (χ2n) is 11.1. The number of hydrogen-bond acceptors (Lipinski definition) is 6. The van der Waals surface area contributed by atoms with Gasteiger partial charge in [-0.05, 0) is 87.1 Å². The van der Waals surface area contributed by atoms with Crippen molar-refractivity contribution in [1.29, 1.82) is 0 Å². The number of nitrogens with zero attached hydrogens (tertiary/aromatic N) is 4. The maximum atomic E-state index is 13.9. The average Bonchev–Trinajstić information content (AvgIpc) is 3.45. The van der Waals surface area contributed by atoms with Gasteiger partial charge in [-0.15, -0.1) is 0 Å². The van der Waals surface area contributed by atoms with Gasteiger partial charge in [0.05, 0.1) is 12.6 Å². The van der Waals surface area contributed by atoms with Crippen LogP contribution in [0.4, 0.5) is 0 Å². The summed E-state index contributed by atoms with van der Waals surface area (Å²) in [6.07, 6.45) is 0. The summed E-state index contributed by atoms with van der Waals surface area (Å²) >= 11 is 18.5. The van der Waals surface area contributed by atoms with Gasteiger partial charge in [-0.2, -0.15) is 0 Å². The smallest absolute Gasteiger partial charge is 0.271 e. The molecule has 10 heteroatoms. The van der Waals surface area contributed by atoms with Crippen LogP contribution in [0.25, 0.3) is 0 Å². The molecular weight excluding hydrogens is 595 g/mol. The molecule has 0 N–H and O–H groups in total. The van der Waals surface area contributed by atoms with Crippen LogP contribution in [0.3, 0.4) is 0 Å². The van der Waals surface area contributed by atoms with E-state index in [4.69, 9.17) is 44.5 Å². The molecule has 1 fully saturated rings. The van der Waals surface area contributed by atoms with Crippen molar-refractivity contribution in [2.75, 3.05) is 39.8 Å². The first-order valence-electron chi connectivity index (χ1n) is 13.8. The second kappa shape index (κ2) is 12.7. The number of rotatable bonds is 8. The van der Waals surface area contributed by atoms with Crippen molar-refractivity contribution in [2.45, 2.75) is 32.0 Å². The predicted octanol–water partition coefficient (Wildman–Crippen LogP) is 6.09. The lowest BCUT2D eigenvalue weighted by Crippen LogP contribution is -2.60. The van der Waals surface area contributed by atoms with E-state index in [1.165, 1.54) is 0 Å². The molecule has 2 aliphatic heterocycles. The number of halogens is 3. The molecule has 220 valence electrons. The molecule has 1 atom stereocenters. The highest BCUT2D eigenvalue weighted by Gasteiger charge is 2.42. The summed E-state index contributed by atoms with van der Waals surface area (Å²) in [4.78, 5) is 37.8. The van der Waals surface area contributed by atoms with E-state index in [0.29, 0.717) is 58.1 Å².